The maximum Gasteiger partial charge on any atom is 0.328 e. The van der Waals surface area contributed by atoms with Crippen molar-refractivity contribution in [2.75, 3.05) is 20.8 Å². The minimum atomic E-state index is -0.985. The molecule has 0 aliphatic heterocycles. The van der Waals surface area contributed by atoms with Crippen molar-refractivity contribution in [3.63, 3.8) is 0 Å². The lowest BCUT2D eigenvalue weighted by Crippen LogP contribution is -2.52. The predicted molar refractivity (Wildman–Crippen MR) is 74.0 cm³/mol. The third-order valence-corrected chi connectivity index (χ3v) is 2.73. The van der Waals surface area contributed by atoms with Crippen LogP contribution in [0.2, 0.25) is 0 Å². The van der Waals surface area contributed by atoms with Gasteiger partial charge in [0.15, 0.2) is 5.69 Å². The third-order valence-electron chi connectivity index (χ3n) is 2.73. The van der Waals surface area contributed by atoms with Crippen LogP contribution in [0, 0.1) is 6.92 Å². The Bertz CT molecular complexity index is 542. The average Bonchev–Trinajstić information content (AvgIpc) is 2.92. The van der Waals surface area contributed by atoms with Gasteiger partial charge in [-0.25, -0.2) is 4.79 Å². The Kier molecular flexibility index (Phi) is 6.51. The molecule has 2 atom stereocenters. The van der Waals surface area contributed by atoms with Crippen LogP contribution in [0.5, 0.6) is 0 Å². The number of methoxy groups -OCH3 is 2. The topological polar surface area (TPSA) is 120 Å². The number of aryl methyl sites for hydroxylation is 1. The van der Waals surface area contributed by atoms with Crippen molar-refractivity contribution in [3.8, 4) is 0 Å². The highest BCUT2D eigenvalue weighted by atomic mass is 16.5. The fourth-order valence-electron chi connectivity index (χ4n) is 1.60. The summed E-state index contributed by atoms with van der Waals surface area (Å²) in [4.78, 5) is 35.3. The zero-order valence-corrected chi connectivity index (χ0v) is 12.8. The summed E-state index contributed by atoms with van der Waals surface area (Å²) < 4.78 is 14.2. The summed E-state index contributed by atoms with van der Waals surface area (Å²) in [6.07, 6.45) is 0. The molecule has 0 saturated carbocycles. The Morgan fingerprint density at radius 1 is 1.32 bits per heavy atom. The summed E-state index contributed by atoms with van der Waals surface area (Å²) in [5.74, 6) is -1.28. The summed E-state index contributed by atoms with van der Waals surface area (Å²) in [7, 11) is 2.60. The Morgan fingerprint density at radius 2 is 2.00 bits per heavy atom. The molecule has 0 aromatic carbocycles. The van der Waals surface area contributed by atoms with Crippen molar-refractivity contribution in [1.29, 1.82) is 0 Å². The quantitative estimate of drug-likeness (QED) is 0.645. The molecule has 0 saturated heterocycles. The van der Waals surface area contributed by atoms with Gasteiger partial charge in [-0.1, -0.05) is 5.16 Å². The van der Waals surface area contributed by atoms with Crippen molar-refractivity contribution in [2.45, 2.75) is 25.9 Å². The van der Waals surface area contributed by atoms with E-state index in [0.29, 0.717) is 5.76 Å². The van der Waals surface area contributed by atoms with Crippen LogP contribution in [0.1, 0.15) is 23.2 Å². The molecule has 0 radical (unpaired) electrons. The van der Waals surface area contributed by atoms with E-state index in [-0.39, 0.29) is 12.3 Å². The van der Waals surface area contributed by atoms with Crippen LogP contribution in [0.3, 0.4) is 0 Å². The molecule has 0 unspecified atom stereocenters. The van der Waals surface area contributed by atoms with Crippen molar-refractivity contribution < 1.29 is 28.4 Å². The Labute approximate surface area is 127 Å². The molecule has 2 amide bonds. The normalized spacial score (nSPS) is 13.1. The third kappa shape index (κ3) is 4.85. The number of hydrogen-bond acceptors (Lipinski definition) is 7. The van der Waals surface area contributed by atoms with Crippen LogP contribution in [0.4, 0.5) is 0 Å². The van der Waals surface area contributed by atoms with Gasteiger partial charge in [0.1, 0.15) is 17.8 Å². The van der Waals surface area contributed by atoms with Gasteiger partial charge in [-0.05, 0) is 13.8 Å². The van der Waals surface area contributed by atoms with Crippen molar-refractivity contribution >= 4 is 17.8 Å². The summed E-state index contributed by atoms with van der Waals surface area (Å²) in [6.45, 7) is 3.04. The van der Waals surface area contributed by atoms with Crippen molar-refractivity contribution in [3.05, 3.63) is 17.5 Å². The highest BCUT2D eigenvalue weighted by molar-refractivity contribution is 5.96. The number of carbonyl (C=O) groups is 3. The number of nitrogens with zero attached hydrogens (tertiary/aromatic N) is 1. The summed E-state index contributed by atoms with van der Waals surface area (Å²) in [5.41, 5.74) is 0.0485. The molecule has 1 heterocycles. The number of amides is 2. The van der Waals surface area contributed by atoms with E-state index in [0.717, 1.165) is 0 Å². The van der Waals surface area contributed by atoms with Gasteiger partial charge in [-0.2, -0.15) is 0 Å². The maximum absolute atomic E-state index is 12.1. The van der Waals surface area contributed by atoms with Crippen LogP contribution in [0.15, 0.2) is 10.6 Å². The molecule has 22 heavy (non-hydrogen) atoms. The molecular formula is C13H19N3O6. The maximum atomic E-state index is 12.1. The zero-order valence-electron chi connectivity index (χ0n) is 12.8. The van der Waals surface area contributed by atoms with Gasteiger partial charge >= 0.3 is 5.97 Å². The fourth-order valence-corrected chi connectivity index (χ4v) is 1.60. The number of nitrogens with one attached hydrogen (secondary N) is 2. The van der Waals surface area contributed by atoms with E-state index in [4.69, 9.17) is 9.26 Å². The lowest BCUT2D eigenvalue weighted by molar-refractivity contribution is -0.144. The molecular weight excluding hydrogens is 294 g/mol. The second kappa shape index (κ2) is 8.13. The van der Waals surface area contributed by atoms with Gasteiger partial charge in [0.05, 0.1) is 13.7 Å². The molecule has 1 aromatic rings. The molecule has 0 bridgehead atoms. The number of aromatic nitrogens is 1. The highest BCUT2D eigenvalue weighted by Crippen LogP contribution is 2.02. The first-order valence-electron chi connectivity index (χ1n) is 6.50. The smallest absolute Gasteiger partial charge is 0.328 e. The number of ether oxygens (including phenoxy) is 2. The minimum Gasteiger partial charge on any atom is -0.467 e. The van der Waals surface area contributed by atoms with Crippen LogP contribution >= 0.6 is 0 Å². The minimum absolute atomic E-state index is 0.0485. The Morgan fingerprint density at radius 3 is 2.50 bits per heavy atom. The summed E-state index contributed by atoms with van der Waals surface area (Å²) in [5, 5.41) is 8.44. The molecule has 1 aromatic heterocycles. The van der Waals surface area contributed by atoms with E-state index < -0.39 is 29.9 Å². The molecule has 0 fully saturated rings. The van der Waals surface area contributed by atoms with Gasteiger partial charge in [0.2, 0.25) is 5.91 Å². The van der Waals surface area contributed by atoms with E-state index in [1.165, 1.54) is 27.2 Å². The fraction of sp³-hybridized carbons (Fsp3) is 0.538. The van der Waals surface area contributed by atoms with Crippen molar-refractivity contribution in [1.82, 2.24) is 15.8 Å². The molecule has 2 N–H and O–H groups in total. The van der Waals surface area contributed by atoms with E-state index >= 15 is 0 Å². The van der Waals surface area contributed by atoms with Crippen LogP contribution in [-0.4, -0.2) is 55.9 Å². The van der Waals surface area contributed by atoms with Crippen LogP contribution in [-0.2, 0) is 19.1 Å². The molecule has 1 rings (SSSR count). The van der Waals surface area contributed by atoms with Gasteiger partial charge in [0.25, 0.3) is 5.91 Å². The summed E-state index contributed by atoms with van der Waals surface area (Å²) >= 11 is 0. The zero-order chi connectivity index (χ0) is 16.7. The van der Waals surface area contributed by atoms with Gasteiger partial charge in [-0.3, -0.25) is 9.59 Å². The molecule has 122 valence electrons. The molecule has 0 spiro atoms. The highest BCUT2D eigenvalue weighted by Gasteiger charge is 2.26. The van der Waals surface area contributed by atoms with Gasteiger partial charge in [0, 0.05) is 13.2 Å². The predicted octanol–water partition coefficient (Wildman–Crippen LogP) is -0.594. The molecule has 9 heteroatoms. The lowest BCUT2D eigenvalue weighted by Gasteiger charge is -2.19. The summed E-state index contributed by atoms with van der Waals surface area (Å²) in [6, 6.07) is -0.390. The number of carbonyl (C=O) groups excluding carboxylic acids is 3. The number of esters is 1. The lowest BCUT2D eigenvalue weighted by atomic mass is 10.2. The van der Waals surface area contributed by atoms with Crippen LogP contribution in [0.25, 0.3) is 0 Å². The first-order valence-corrected chi connectivity index (χ1v) is 6.50. The SMILES string of the molecule is COC[C@H](NC(=O)c1cc(C)on1)C(=O)N[C@@H](C)C(=O)OC. The second-order valence-electron chi connectivity index (χ2n) is 4.56. The van der Waals surface area contributed by atoms with E-state index in [2.05, 4.69) is 20.5 Å². The van der Waals surface area contributed by atoms with E-state index in [1.54, 1.807) is 6.92 Å². The molecule has 0 aliphatic carbocycles. The molecule has 9 nitrogen and oxygen atoms in total. The second-order valence-corrected chi connectivity index (χ2v) is 4.56. The Hall–Kier alpha value is -2.42. The monoisotopic (exact) mass is 313 g/mol. The Balaban J connectivity index is 2.69. The first kappa shape index (κ1) is 17.6. The average molecular weight is 313 g/mol. The van der Waals surface area contributed by atoms with E-state index in [1.807, 2.05) is 0 Å². The molecule has 0 aliphatic rings. The van der Waals surface area contributed by atoms with Crippen molar-refractivity contribution in [2.24, 2.45) is 0 Å². The number of rotatable bonds is 7. The van der Waals surface area contributed by atoms with Gasteiger partial charge < -0.3 is 24.6 Å². The van der Waals surface area contributed by atoms with E-state index in [9.17, 15) is 14.4 Å². The van der Waals surface area contributed by atoms with Gasteiger partial charge in [-0.15, -0.1) is 0 Å². The first-order chi connectivity index (χ1) is 10.4. The largest absolute Gasteiger partial charge is 0.467 e. The number of hydrogen-bond donors (Lipinski definition) is 2. The van der Waals surface area contributed by atoms with Crippen LogP contribution < -0.4 is 10.6 Å². The standard InChI is InChI=1S/C13H19N3O6/c1-7-5-9(16-22-7)11(17)15-10(6-20-3)12(18)14-8(2)13(19)21-4/h5,8,10H,6H2,1-4H3,(H,14,18)(H,15,17)/t8-,10-/m0/s1.